The van der Waals surface area contributed by atoms with E-state index in [1.54, 1.807) is 0 Å². The molecule has 2 aliphatic rings. The number of alkyl halides is 2. The van der Waals surface area contributed by atoms with Gasteiger partial charge in [-0.3, -0.25) is 0 Å². The quantitative estimate of drug-likeness (QED) is 0.324. The van der Waals surface area contributed by atoms with Gasteiger partial charge in [-0.15, -0.1) is 0 Å². The number of rotatable bonds is 10. The SMILES string of the molecule is ClC1(Cl)[C@H]2[C@@H](OCc3ccccc3)[C@@H](OCc3ccccc3)[C@@H](COCc3ccccc3)O[C@@H]21. The van der Waals surface area contributed by atoms with E-state index in [9.17, 15) is 0 Å². The normalized spacial score (nSPS) is 27.2. The molecule has 1 aliphatic carbocycles. The minimum atomic E-state index is -0.996. The zero-order valence-corrected chi connectivity index (χ0v) is 20.3. The van der Waals surface area contributed by atoms with Crippen LogP contribution in [0.3, 0.4) is 0 Å². The van der Waals surface area contributed by atoms with Gasteiger partial charge in [-0.05, 0) is 16.7 Å². The fraction of sp³-hybridized carbons (Fsp3) is 0.357. The van der Waals surface area contributed by atoms with Crippen molar-refractivity contribution in [3.63, 3.8) is 0 Å². The number of benzene rings is 3. The van der Waals surface area contributed by atoms with Crippen molar-refractivity contribution in [3.05, 3.63) is 108 Å². The summed E-state index contributed by atoms with van der Waals surface area (Å²) in [4.78, 5) is 0. The topological polar surface area (TPSA) is 36.9 Å². The number of hydrogen-bond donors (Lipinski definition) is 0. The Kier molecular flexibility index (Phi) is 7.55. The smallest absolute Gasteiger partial charge is 0.152 e. The average molecular weight is 499 g/mol. The van der Waals surface area contributed by atoms with Crippen molar-refractivity contribution in [1.29, 1.82) is 0 Å². The number of ether oxygens (including phenoxy) is 4. The zero-order chi connectivity index (χ0) is 23.4. The van der Waals surface area contributed by atoms with Gasteiger partial charge in [-0.25, -0.2) is 0 Å². The average Bonchev–Trinajstić information content (AvgIpc) is 3.43. The molecule has 178 valence electrons. The second-order valence-corrected chi connectivity index (χ2v) is 10.3. The summed E-state index contributed by atoms with van der Waals surface area (Å²) in [6.07, 6.45) is -1.35. The molecule has 0 amide bonds. The van der Waals surface area contributed by atoms with E-state index < -0.39 is 4.33 Å². The molecule has 0 aromatic heterocycles. The van der Waals surface area contributed by atoms with Gasteiger partial charge in [-0.2, -0.15) is 0 Å². The van der Waals surface area contributed by atoms with Gasteiger partial charge in [0.2, 0.25) is 0 Å². The standard InChI is InChI=1S/C28H28Cl2O4/c29-28(30)24-26(33-18-22-14-8-3-9-15-22)25(32-17-21-12-6-2-7-13-21)23(34-27(24)28)19-31-16-20-10-4-1-5-11-20/h1-15,23-27H,16-19H2/t23-,24+,25+,26-,27+/m1/s1. The first kappa shape index (κ1) is 23.8. The van der Waals surface area contributed by atoms with E-state index in [1.165, 1.54) is 0 Å². The molecule has 0 bridgehead atoms. The van der Waals surface area contributed by atoms with E-state index >= 15 is 0 Å². The molecule has 1 heterocycles. The van der Waals surface area contributed by atoms with Gasteiger partial charge in [0.15, 0.2) is 4.33 Å². The van der Waals surface area contributed by atoms with Gasteiger partial charge in [0.05, 0.1) is 44.6 Å². The number of fused-ring (bicyclic) bond motifs is 1. The van der Waals surface area contributed by atoms with Crippen molar-refractivity contribution < 1.29 is 18.9 Å². The molecule has 0 N–H and O–H groups in total. The lowest BCUT2D eigenvalue weighted by molar-refractivity contribution is -0.201. The maximum Gasteiger partial charge on any atom is 0.152 e. The molecular formula is C28H28Cl2O4. The largest absolute Gasteiger partial charge is 0.374 e. The van der Waals surface area contributed by atoms with Crippen LogP contribution in [-0.4, -0.2) is 35.4 Å². The van der Waals surface area contributed by atoms with Crippen molar-refractivity contribution in [2.75, 3.05) is 6.61 Å². The van der Waals surface area contributed by atoms with Crippen LogP contribution >= 0.6 is 23.2 Å². The third-order valence-corrected chi connectivity index (χ3v) is 7.30. The van der Waals surface area contributed by atoms with E-state index in [1.807, 2.05) is 91.0 Å². The van der Waals surface area contributed by atoms with Crippen LogP contribution in [0.5, 0.6) is 0 Å². The highest BCUT2D eigenvalue weighted by Crippen LogP contribution is 2.61. The second kappa shape index (κ2) is 10.8. The van der Waals surface area contributed by atoms with Crippen molar-refractivity contribution in [2.45, 2.75) is 48.6 Å². The summed E-state index contributed by atoms with van der Waals surface area (Å²) in [5.41, 5.74) is 3.26. The van der Waals surface area contributed by atoms with Gasteiger partial charge in [0.1, 0.15) is 12.2 Å². The van der Waals surface area contributed by atoms with Crippen LogP contribution in [-0.2, 0) is 38.8 Å². The lowest BCUT2D eigenvalue weighted by atomic mass is 10.0. The fourth-order valence-electron chi connectivity index (χ4n) is 4.50. The van der Waals surface area contributed by atoms with Crippen LogP contribution < -0.4 is 0 Å². The van der Waals surface area contributed by atoms with Crippen LogP contribution in [0, 0.1) is 5.92 Å². The molecule has 0 spiro atoms. The third kappa shape index (κ3) is 5.49. The molecule has 0 unspecified atom stereocenters. The second-order valence-electron chi connectivity index (χ2n) is 8.82. The van der Waals surface area contributed by atoms with Gasteiger partial charge >= 0.3 is 0 Å². The Bertz CT molecular complexity index is 1030. The van der Waals surface area contributed by atoms with E-state index in [-0.39, 0.29) is 30.3 Å². The first-order chi connectivity index (χ1) is 16.6. The Morgan fingerprint density at radius 1 is 0.647 bits per heavy atom. The van der Waals surface area contributed by atoms with Crippen molar-refractivity contribution in [2.24, 2.45) is 5.92 Å². The molecule has 1 saturated carbocycles. The molecule has 2 fully saturated rings. The Morgan fingerprint density at radius 3 is 1.65 bits per heavy atom. The van der Waals surface area contributed by atoms with E-state index in [2.05, 4.69) is 0 Å². The molecule has 34 heavy (non-hydrogen) atoms. The zero-order valence-electron chi connectivity index (χ0n) is 18.8. The minimum absolute atomic E-state index is 0.161. The lowest BCUT2D eigenvalue weighted by Crippen LogP contribution is -2.50. The van der Waals surface area contributed by atoms with Gasteiger partial charge < -0.3 is 18.9 Å². The lowest BCUT2D eigenvalue weighted by Gasteiger charge is -2.37. The number of hydrogen-bond acceptors (Lipinski definition) is 4. The first-order valence-electron chi connectivity index (χ1n) is 11.6. The molecule has 4 nitrogen and oxygen atoms in total. The highest BCUT2D eigenvalue weighted by Gasteiger charge is 2.73. The molecule has 3 aromatic carbocycles. The monoisotopic (exact) mass is 498 g/mol. The Labute approximate surface area is 210 Å². The summed E-state index contributed by atoms with van der Waals surface area (Å²) in [6, 6.07) is 30.2. The molecule has 3 aromatic rings. The summed E-state index contributed by atoms with van der Waals surface area (Å²) >= 11 is 13.3. The van der Waals surface area contributed by atoms with Crippen LogP contribution in [0.2, 0.25) is 0 Å². The van der Waals surface area contributed by atoms with Crippen LogP contribution in [0.25, 0.3) is 0 Å². The minimum Gasteiger partial charge on any atom is -0.374 e. The molecule has 1 aliphatic heterocycles. The van der Waals surface area contributed by atoms with Gasteiger partial charge in [0.25, 0.3) is 0 Å². The molecule has 0 radical (unpaired) electrons. The van der Waals surface area contributed by atoms with Crippen molar-refractivity contribution >= 4 is 23.2 Å². The van der Waals surface area contributed by atoms with Crippen LogP contribution in [0.4, 0.5) is 0 Å². The summed E-state index contributed by atoms with van der Waals surface area (Å²) in [7, 11) is 0. The van der Waals surface area contributed by atoms with Crippen LogP contribution in [0.15, 0.2) is 91.0 Å². The van der Waals surface area contributed by atoms with Crippen LogP contribution in [0.1, 0.15) is 16.7 Å². The molecule has 6 heteroatoms. The highest BCUT2D eigenvalue weighted by atomic mass is 35.5. The van der Waals surface area contributed by atoms with Gasteiger partial charge in [0, 0.05) is 0 Å². The molecular weight excluding hydrogens is 471 g/mol. The summed E-state index contributed by atoms with van der Waals surface area (Å²) in [5, 5.41) is 0. The van der Waals surface area contributed by atoms with E-state index in [0.717, 1.165) is 16.7 Å². The number of halogens is 2. The Morgan fingerprint density at radius 2 is 1.12 bits per heavy atom. The first-order valence-corrected chi connectivity index (χ1v) is 12.3. The third-order valence-electron chi connectivity index (χ3n) is 6.37. The summed E-state index contributed by atoms with van der Waals surface area (Å²) in [6.45, 7) is 1.72. The van der Waals surface area contributed by atoms with Gasteiger partial charge in [-0.1, -0.05) is 114 Å². The maximum absolute atomic E-state index is 6.63. The summed E-state index contributed by atoms with van der Waals surface area (Å²) in [5.74, 6) is -0.161. The summed E-state index contributed by atoms with van der Waals surface area (Å²) < 4.78 is 24.2. The fourth-order valence-corrected chi connectivity index (χ4v) is 5.23. The van der Waals surface area contributed by atoms with Crippen molar-refractivity contribution in [3.8, 4) is 0 Å². The Hall–Kier alpha value is -1.92. The van der Waals surface area contributed by atoms with Crippen molar-refractivity contribution in [1.82, 2.24) is 0 Å². The molecule has 5 atom stereocenters. The molecule has 5 rings (SSSR count). The Balaban J connectivity index is 1.32. The maximum atomic E-state index is 6.63. The molecule has 1 saturated heterocycles. The highest BCUT2D eigenvalue weighted by molar-refractivity contribution is 6.51. The predicted molar refractivity (Wildman–Crippen MR) is 133 cm³/mol. The predicted octanol–water partition coefficient (Wildman–Crippen LogP) is 5.95. The van der Waals surface area contributed by atoms with E-state index in [0.29, 0.717) is 26.4 Å². The van der Waals surface area contributed by atoms with E-state index in [4.69, 9.17) is 42.1 Å².